The van der Waals surface area contributed by atoms with Gasteiger partial charge in [0.1, 0.15) is 24.5 Å². The molecule has 12 heteroatoms. The maximum atomic E-state index is 11.8. The van der Waals surface area contributed by atoms with Crippen molar-refractivity contribution in [2.45, 2.75) is 63.2 Å². The molecular formula is C14H27N5O7. The molecule has 5 unspecified atom stereocenters. The van der Waals surface area contributed by atoms with E-state index >= 15 is 0 Å². The van der Waals surface area contributed by atoms with Crippen molar-refractivity contribution in [3.05, 3.63) is 0 Å². The third kappa shape index (κ3) is 6.82. The maximum absolute atomic E-state index is 11.8. The molecule has 0 aromatic carbocycles. The van der Waals surface area contributed by atoms with Gasteiger partial charge in [-0.25, -0.2) is 11.3 Å². The first-order valence-electron chi connectivity index (χ1n) is 8.23. The summed E-state index contributed by atoms with van der Waals surface area (Å²) in [5.74, 6) is 3.76. The topological polar surface area (TPSA) is 195 Å². The van der Waals surface area contributed by atoms with Crippen LogP contribution in [0.5, 0.6) is 0 Å². The number of rotatable bonds is 9. The normalized spacial score (nSPS) is 28.3. The summed E-state index contributed by atoms with van der Waals surface area (Å²) in [6.07, 6.45) is -3.72. The molecule has 0 saturated carbocycles. The van der Waals surface area contributed by atoms with Crippen molar-refractivity contribution in [3.8, 4) is 0 Å². The Morgan fingerprint density at radius 1 is 1.08 bits per heavy atom. The Morgan fingerprint density at radius 2 is 1.69 bits per heavy atom. The minimum absolute atomic E-state index is 0.122. The van der Waals surface area contributed by atoms with E-state index in [0.29, 0.717) is 12.8 Å². The molecule has 1 fully saturated rings. The van der Waals surface area contributed by atoms with Gasteiger partial charge in [-0.2, -0.15) is 0 Å². The van der Waals surface area contributed by atoms with Crippen molar-refractivity contribution in [1.82, 2.24) is 21.6 Å². The number of hydrogen-bond acceptors (Lipinski definition) is 9. The number of hydrazine groups is 2. The molecule has 0 spiro atoms. The second kappa shape index (κ2) is 11.0. The Bertz CT molecular complexity index is 492. The van der Waals surface area contributed by atoms with Gasteiger partial charge >= 0.3 is 0 Å². The molecule has 0 aromatic rings. The molecule has 0 aliphatic carbocycles. The van der Waals surface area contributed by atoms with E-state index in [1.165, 1.54) is 6.92 Å². The maximum Gasteiger partial charge on any atom is 0.234 e. The highest BCUT2D eigenvalue weighted by atomic mass is 16.5. The summed E-state index contributed by atoms with van der Waals surface area (Å²) in [5, 5.41) is 31.6. The number of aliphatic hydroxyl groups is 3. The Hall–Kier alpha value is -1.83. The van der Waals surface area contributed by atoms with Crippen LogP contribution >= 0.6 is 0 Å². The van der Waals surface area contributed by atoms with Crippen LogP contribution in [0.4, 0.5) is 0 Å². The van der Waals surface area contributed by atoms with Crippen LogP contribution in [0, 0.1) is 0 Å². The summed E-state index contributed by atoms with van der Waals surface area (Å²) in [5.41, 5.74) is 6.90. The van der Waals surface area contributed by atoms with Gasteiger partial charge in [0.15, 0.2) is 0 Å². The van der Waals surface area contributed by atoms with Crippen molar-refractivity contribution in [3.63, 3.8) is 0 Å². The molecule has 150 valence electrons. The number of ether oxygens (including phenoxy) is 1. The van der Waals surface area contributed by atoms with E-state index in [-0.39, 0.29) is 18.7 Å². The fourth-order valence-electron chi connectivity index (χ4n) is 2.49. The van der Waals surface area contributed by atoms with E-state index in [1.807, 2.05) is 5.43 Å². The van der Waals surface area contributed by atoms with Crippen molar-refractivity contribution < 1.29 is 34.4 Å². The molecule has 0 aromatic heterocycles. The van der Waals surface area contributed by atoms with Gasteiger partial charge in [0.05, 0.1) is 12.6 Å². The number of aliphatic hydroxyl groups excluding tert-OH is 3. The minimum atomic E-state index is -1.41. The highest BCUT2D eigenvalue weighted by Crippen LogP contribution is 2.19. The van der Waals surface area contributed by atoms with Crippen LogP contribution in [-0.2, 0) is 19.1 Å². The smallest absolute Gasteiger partial charge is 0.234 e. The lowest BCUT2D eigenvalue weighted by atomic mass is 9.96. The molecule has 3 amide bonds. The third-order valence-electron chi connectivity index (χ3n) is 3.87. The Morgan fingerprint density at radius 3 is 2.23 bits per heavy atom. The van der Waals surface area contributed by atoms with E-state index in [2.05, 4.69) is 16.2 Å². The standard InChI is InChI=1S/C14H27N5O7/c1-7(21)16-11-13(25)12(24)8(6-20)26-14(11)19-18-10(23)5-3-2-4-9(22)17-15/h8,11-14,19-20,24-25H,2-6,15H2,1H3,(H,16,21)(H,17,22)(H,18,23). The lowest BCUT2D eigenvalue weighted by Gasteiger charge is -2.42. The summed E-state index contributed by atoms with van der Waals surface area (Å²) < 4.78 is 5.39. The van der Waals surface area contributed by atoms with E-state index < -0.39 is 49.0 Å². The zero-order valence-electron chi connectivity index (χ0n) is 14.5. The number of unbranched alkanes of at least 4 members (excludes halogenated alkanes) is 1. The fraction of sp³-hybridized carbons (Fsp3) is 0.786. The lowest BCUT2D eigenvalue weighted by molar-refractivity contribution is -0.205. The Balaban J connectivity index is 2.51. The van der Waals surface area contributed by atoms with Crippen LogP contribution in [0.2, 0.25) is 0 Å². The number of nitrogens with two attached hydrogens (primary N) is 1. The van der Waals surface area contributed by atoms with Gasteiger partial charge in [0.25, 0.3) is 0 Å². The monoisotopic (exact) mass is 377 g/mol. The second-order valence-corrected chi connectivity index (χ2v) is 5.95. The molecule has 1 heterocycles. The van der Waals surface area contributed by atoms with Crippen LogP contribution in [0.1, 0.15) is 32.6 Å². The summed E-state index contributed by atoms with van der Waals surface area (Å²) in [4.78, 5) is 34.1. The van der Waals surface area contributed by atoms with Gasteiger partial charge in [-0.15, -0.1) is 0 Å². The molecule has 1 rings (SSSR count). The van der Waals surface area contributed by atoms with Crippen molar-refractivity contribution in [1.29, 1.82) is 0 Å². The van der Waals surface area contributed by atoms with Crippen LogP contribution in [0.3, 0.4) is 0 Å². The Kier molecular flexibility index (Phi) is 9.40. The second-order valence-electron chi connectivity index (χ2n) is 5.95. The molecule has 5 atom stereocenters. The van der Waals surface area contributed by atoms with Gasteiger partial charge in [0.2, 0.25) is 17.7 Å². The average molecular weight is 377 g/mol. The predicted octanol–water partition coefficient (Wildman–Crippen LogP) is -3.90. The Labute approximate surface area is 150 Å². The largest absolute Gasteiger partial charge is 0.394 e. The van der Waals surface area contributed by atoms with Gasteiger partial charge in [-0.05, 0) is 12.8 Å². The summed E-state index contributed by atoms with van der Waals surface area (Å²) in [6, 6.07) is -1.04. The summed E-state index contributed by atoms with van der Waals surface area (Å²) in [6.45, 7) is 0.671. The molecule has 9 N–H and O–H groups in total. The van der Waals surface area contributed by atoms with Crippen LogP contribution in [0.25, 0.3) is 0 Å². The average Bonchev–Trinajstić information content (AvgIpc) is 2.61. The van der Waals surface area contributed by atoms with Gasteiger partial charge in [-0.1, -0.05) is 0 Å². The number of hydrogen-bond donors (Lipinski definition) is 8. The van der Waals surface area contributed by atoms with Gasteiger partial charge < -0.3 is 25.4 Å². The first-order valence-corrected chi connectivity index (χ1v) is 8.23. The molecular weight excluding hydrogens is 350 g/mol. The molecule has 1 saturated heterocycles. The van der Waals surface area contributed by atoms with Crippen molar-refractivity contribution in [2.24, 2.45) is 5.84 Å². The molecule has 0 radical (unpaired) electrons. The zero-order valence-corrected chi connectivity index (χ0v) is 14.5. The number of nitrogens with one attached hydrogen (secondary N) is 4. The van der Waals surface area contributed by atoms with E-state index in [4.69, 9.17) is 10.6 Å². The number of amides is 3. The number of carbonyl (C=O) groups excluding carboxylic acids is 3. The molecule has 0 bridgehead atoms. The quantitative estimate of drug-likeness (QED) is 0.0857. The summed E-state index contributed by atoms with van der Waals surface area (Å²) >= 11 is 0. The van der Waals surface area contributed by atoms with E-state index in [0.717, 1.165) is 0 Å². The molecule has 26 heavy (non-hydrogen) atoms. The first kappa shape index (κ1) is 22.2. The van der Waals surface area contributed by atoms with Gasteiger partial charge in [0, 0.05) is 19.8 Å². The van der Waals surface area contributed by atoms with Crippen LogP contribution in [0.15, 0.2) is 0 Å². The van der Waals surface area contributed by atoms with Crippen molar-refractivity contribution in [2.75, 3.05) is 6.61 Å². The highest BCUT2D eigenvalue weighted by molar-refractivity contribution is 5.76. The first-order chi connectivity index (χ1) is 12.3. The lowest BCUT2D eigenvalue weighted by Crippen LogP contribution is -2.69. The highest BCUT2D eigenvalue weighted by Gasteiger charge is 2.44. The van der Waals surface area contributed by atoms with Crippen LogP contribution < -0.4 is 27.4 Å². The minimum Gasteiger partial charge on any atom is -0.394 e. The zero-order chi connectivity index (χ0) is 19.7. The molecule has 12 nitrogen and oxygen atoms in total. The fourth-order valence-corrected chi connectivity index (χ4v) is 2.49. The van der Waals surface area contributed by atoms with Crippen LogP contribution in [-0.4, -0.2) is 70.2 Å². The third-order valence-corrected chi connectivity index (χ3v) is 3.87. The van der Waals surface area contributed by atoms with E-state index in [9.17, 15) is 29.7 Å². The van der Waals surface area contributed by atoms with Gasteiger partial charge in [-0.3, -0.25) is 25.2 Å². The SMILES string of the molecule is CC(=O)NC1C(NNC(=O)CCCCC(=O)NN)OC(CO)C(O)C1O. The van der Waals surface area contributed by atoms with Crippen molar-refractivity contribution >= 4 is 17.7 Å². The van der Waals surface area contributed by atoms with E-state index in [1.54, 1.807) is 0 Å². The molecule has 1 aliphatic heterocycles. The molecule has 1 aliphatic rings. The number of carbonyl (C=O) groups is 3. The summed E-state index contributed by atoms with van der Waals surface area (Å²) in [7, 11) is 0. The predicted molar refractivity (Wildman–Crippen MR) is 87.4 cm³/mol.